The summed E-state index contributed by atoms with van der Waals surface area (Å²) in [6.45, 7) is 2.07. The molecule has 0 spiro atoms. The fourth-order valence-electron chi connectivity index (χ4n) is 1.65. The molecule has 19 heavy (non-hydrogen) atoms. The van der Waals surface area contributed by atoms with Gasteiger partial charge in [0.1, 0.15) is 0 Å². The molecule has 0 saturated carbocycles. The second-order valence-electron chi connectivity index (χ2n) is 4.35. The molecular weight excluding hydrogens is 276 g/mol. The first-order valence-electron chi connectivity index (χ1n) is 6.28. The van der Waals surface area contributed by atoms with Crippen LogP contribution in [-0.4, -0.2) is 4.98 Å². The molecule has 0 aliphatic rings. The van der Waals surface area contributed by atoms with Gasteiger partial charge in [0.05, 0.1) is 5.69 Å². The van der Waals surface area contributed by atoms with Gasteiger partial charge in [-0.25, -0.2) is 0 Å². The van der Waals surface area contributed by atoms with Gasteiger partial charge in [0.2, 0.25) is 0 Å². The Morgan fingerprint density at radius 2 is 1.95 bits per heavy atom. The van der Waals surface area contributed by atoms with Gasteiger partial charge < -0.3 is 5.73 Å². The molecule has 0 bridgehead atoms. The van der Waals surface area contributed by atoms with Gasteiger partial charge in [0.25, 0.3) is 0 Å². The Morgan fingerprint density at radius 1 is 1.21 bits per heavy atom. The van der Waals surface area contributed by atoms with Gasteiger partial charge >= 0.3 is 0 Å². The summed E-state index contributed by atoms with van der Waals surface area (Å²) in [5, 5.41) is 0.772. The number of benzene rings is 1. The number of rotatable bonds is 5. The van der Waals surface area contributed by atoms with Gasteiger partial charge in [-0.15, -0.1) is 11.8 Å². The summed E-state index contributed by atoms with van der Waals surface area (Å²) in [5.41, 5.74) is 8.15. The average molecular weight is 293 g/mol. The number of nitrogens with two attached hydrogens (primary N) is 1. The Labute approximate surface area is 123 Å². The highest BCUT2D eigenvalue weighted by molar-refractivity contribution is 7.98. The number of thioether (sulfide) groups is 1. The number of nitrogens with zero attached hydrogens (tertiary/aromatic N) is 1. The maximum absolute atomic E-state index is 5.94. The molecule has 0 saturated heterocycles. The van der Waals surface area contributed by atoms with E-state index in [2.05, 4.69) is 18.0 Å². The Morgan fingerprint density at radius 3 is 2.53 bits per heavy atom. The van der Waals surface area contributed by atoms with Crippen LogP contribution in [0.2, 0.25) is 5.02 Å². The lowest BCUT2D eigenvalue weighted by Crippen LogP contribution is -2.10. The van der Waals surface area contributed by atoms with E-state index in [0.717, 1.165) is 27.8 Å². The van der Waals surface area contributed by atoms with E-state index >= 15 is 0 Å². The second kappa shape index (κ2) is 6.94. The maximum atomic E-state index is 5.94. The van der Waals surface area contributed by atoms with Gasteiger partial charge in [-0.05, 0) is 36.2 Å². The van der Waals surface area contributed by atoms with Gasteiger partial charge in [-0.3, -0.25) is 4.98 Å². The van der Waals surface area contributed by atoms with Crippen LogP contribution in [0, 0.1) is 0 Å². The summed E-state index contributed by atoms with van der Waals surface area (Å²) in [6.07, 6.45) is 2.80. The minimum Gasteiger partial charge on any atom is -0.323 e. The van der Waals surface area contributed by atoms with E-state index in [1.165, 1.54) is 5.56 Å². The zero-order chi connectivity index (χ0) is 13.7. The SMILES string of the molecule is CC[C@H](N)c1ccc(SCc2ccc(Cl)cc2)cn1. The average Bonchev–Trinajstić information content (AvgIpc) is 2.46. The minimum atomic E-state index is 0.0373. The van der Waals surface area contributed by atoms with Gasteiger partial charge in [0.15, 0.2) is 0 Å². The molecule has 0 aliphatic carbocycles. The van der Waals surface area contributed by atoms with Crippen molar-refractivity contribution in [3.63, 3.8) is 0 Å². The zero-order valence-electron chi connectivity index (χ0n) is 10.8. The van der Waals surface area contributed by atoms with E-state index in [4.69, 9.17) is 17.3 Å². The highest BCUT2D eigenvalue weighted by Gasteiger charge is 2.04. The molecule has 4 heteroatoms. The molecular formula is C15H17ClN2S. The van der Waals surface area contributed by atoms with E-state index < -0.39 is 0 Å². The largest absolute Gasteiger partial charge is 0.323 e. The summed E-state index contributed by atoms with van der Waals surface area (Å²) in [4.78, 5) is 5.56. The molecule has 2 rings (SSSR count). The maximum Gasteiger partial charge on any atom is 0.0571 e. The molecule has 0 amide bonds. The van der Waals surface area contributed by atoms with Crippen molar-refractivity contribution in [1.29, 1.82) is 0 Å². The van der Waals surface area contributed by atoms with Crippen molar-refractivity contribution in [3.8, 4) is 0 Å². The quantitative estimate of drug-likeness (QED) is 0.828. The molecule has 100 valence electrons. The van der Waals surface area contributed by atoms with E-state index in [-0.39, 0.29) is 6.04 Å². The highest BCUT2D eigenvalue weighted by atomic mass is 35.5. The molecule has 2 aromatic rings. The molecule has 1 aromatic heterocycles. The molecule has 1 atom stereocenters. The van der Waals surface area contributed by atoms with Crippen molar-refractivity contribution in [1.82, 2.24) is 4.98 Å². The van der Waals surface area contributed by atoms with E-state index in [0.29, 0.717) is 0 Å². The van der Waals surface area contributed by atoms with Crippen molar-refractivity contribution >= 4 is 23.4 Å². The summed E-state index contributed by atoms with van der Waals surface area (Å²) in [5.74, 6) is 0.915. The molecule has 2 N–H and O–H groups in total. The fourth-order valence-corrected chi connectivity index (χ4v) is 2.60. The lowest BCUT2D eigenvalue weighted by atomic mass is 10.1. The molecule has 1 aromatic carbocycles. The van der Waals surface area contributed by atoms with Crippen LogP contribution in [0.15, 0.2) is 47.5 Å². The first-order chi connectivity index (χ1) is 9.19. The van der Waals surface area contributed by atoms with Gasteiger partial charge in [-0.1, -0.05) is 30.7 Å². The third-order valence-electron chi connectivity index (χ3n) is 2.90. The van der Waals surface area contributed by atoms with Crippen LogP contribution in [0.5, 0.6) is 0 Å². The van der Waals surface area contributed by atoms with E-state index in [9.17, 15) is 0 Å². The van der Waals surface area contributed by atoms with Gasteiger partial charge in [-0.2, -0.15) is 0 Å². The zero-order valence-corrected chi connectivity index (χ0v) is 12.4. The Hall–Kier alpha value is -1.03. The Bertz CT molecular complexity index is 511. The predicted molar refractivity (Wildman–Crippen MR) is 82.5 cm³/mol. The number of hydrogen-bond donors (Lipinski definition) is 1. The summed E-state index contributed by atoms with van der Waals surface area (Å²) < 4.78 is 0. The Balaban J connectivity index is 1.94. The van der Waals surface area contributed by atoms with Crippen LogP contribution >= 0.6 is 23.4 Å². The van der Waals surface area contributed by atoms with Crippen LogP contribution in [0.25, 0.3) is 0 Å². The molecule has 1 heterocycles. The number of pyridine rings is 1. The lowest BCUT2D eigenvalue weighted by Gasteiger charge is -2.08. The normalized spacial score (nSPS) is 12.4. The van der Waals surface area contributed by atoms with Gasteiger partial charge in [0, 0.05) is 27.9 Å². The summed E-state index contributed by atoms with van der Waals surface area (Å²) in [6, 6.07) is 12.1. The molecule has 2 nitrogen and oxygen atoms in total. The highest BCUT2D eigenvalue weighted by Crippen LogP contribution is 2.24. The first-order valence-corrected chi connectivity index (χ1v) is 7.64. The third-order valence-corrected chi connectivity index (χ3v) is 4.20. The molecule has 0 fully saturated rings. The number of halogens is 1. The third kappa shape index (κ3) is 4.23. The van der Waals surface area contributed by atoms with E-state index in [1.807, 2.05) is 36.5 Å². The monoisotopic (exact) mass is 292 g/mol. The standard InChI is InChI=1S/C15H17ClN2S/c1-2-14(17)15-8-7-13(9-18-15)19-10-11-3-5-12(16)6-4-11/h3-9,14H,2,10,17H2,1H3/t14-/m0/s1. The first kappa shape index (κ1) is 14.4. The minimum absolute atomic E-state index is 0.0373. The number of hydrogen-bond acceptors (Lipinski definition) is 3. The second-order valence-corrected chi connectivity index (χ2v) is 5.83. The van der Waals surface area contributed by atoms with Crippen LogP contribution in [-0.2, 0) is 5.75 Å². The predicted octanol–water partition coefficient (Wildman–Crippen LogP) is 4.44. The number of aromatic nitrogens is 1. The Kier molecular flexibility index (Phi) is 5.25. The molecule has 0 unspecified atom stereocenters. The smallest absolute Gasteiger partial charge is 0.0571 e. The van der Waals surface area contributed by atoms with Crippen molar-refractivity contribution in [2.45, 2.75) is 30.0 Å². The van der Waals surface area contributed by atoms with Crippen molar-refractivity contribution in [3.05, 3.63) is 58.9 Å². The molecule has 0 aliphatic heterocycles. The topological polar surface area (TPSA) is 38.9 Å². The van der Waals surface area contributed by atoms with Crippen LogP contribution in [0.1, 0.15) is 30.6 Å². The van der Waals surface area contributed by atoms with E-state index in [1.54, 1.807) is 11.8 Å². The van der Waals surface area contributed by atoms with Crippen molar-refractivity contribution < 1.29 is 0 Å². The van der Waals surface area contributed by atoms with Crippen molar-refractivity contribution in [2.75, 3.05) is 0 Å². The fraction of sp³-hybridized carbons (Fsp3) is 0.267. The van der Waals surface area contributed by atoms with Crippen LogP contribution < -0.4 is 5.73 Å². The summed E-state index contributed by atoms with van der Waals surface area (Å²) >= 11 is 7.62. The van der Waals surface area contributed by atoms with Crippen LogP contribution in [0.3, 0.4) is 0 Å². The summed E-state index contributed by atoms with van der Waals surface area (Å²) in [7, 11) is 0. The lowest BCUT2D eigenvalue weighted by molar-refractivity contribution is 0.674. The van der Waals surface area contributed by atoms with Crippen LogP contribution in [0.4, 0.5) is 0 Å². The van der Waals surface area contributed by atoms with Crippen molar-refractivity contribution in [2.24, 2.45) is 5.73 Å². The molecule has 0 radical (unpaired) electrons.